The SMILES string of the molecule is CSCCC(NC(=O)CNC(=O)C(NC(=O)C(N)CCC(N)=O)C(C)O)C(=O)O. The summed E-state index contributed by atoms with van der Waals surface area (Å²) in [5, 5.41) is 25.6. The van der Waals surface area contributed by atoms with E-state index in [1.165, 1.54) is 18.7 Å². The fraction of sp³-hybridized carbons (Fsp3) is 0.688. The summed E-state index contributed by atoms with van der Waals surface area (Å²) in [5.74, 6) is -3.68. The van der Waals surface area contributed by atoms with Crippen LogP contribution in [0.15, 0.2) is 0 Å². The van der Waals surface area contributed by atoms with Gasteiger partial charge >= 0.3 is 5.97 Å². The maximum absolute atomic E-state index is 12.2. The highest BCUT2D eigenvalue weighted by Gasteiger charge is 2.28. The molecule has 0 saturated heterocycles. The molecule has 0 aliphatic carbocycles. The van der Waals surface area contributed by atoms with Crippen LogP contribution < -0.4 is 27.4 Å². The summed E-state index contributed by atoms with van der Waals surface area (Å²) >= 11 is 1.42. The van der Waals surface area contributed by atoms with Crippen molar-refractivity contribution in [1.82, 2.24) is 16.0 Å². The van der Waals surface area contributed by atoms with Crippen LogP contribution in [0.25, 0.3) is 0 Å². The maximum Gasteiger partial charge on any atom is 0.326 e. The van der Waals surface area contributed by atoms with E-state index in [9.17, 15) is 29.1 Å². The number of carboxylic acids is 1. The van der Waals surface area contributed by atoms with E-state index in [1.54, 1.807) is 6.26 Å². The summed E-state index contributed by atoms with van der Waals surface area (Å²) in [4.78, 5) is 58.0. The number of thioether (sulfide) groups is 1. The highest BCUT2D eigenvalue weighted by atomic mass is 32.2. The van der Waals surface area contributed by atoms with Gasteiger partial charge in [-0.1, -0.05) is 0 Å². The van der Waals surface area contributed by atoms with Gasteiger partial charge in [0.05, 0.1) is 18.7 Å². The van der Waals surface area contributed by atoms with Crippen LogP contribution in [0.2, 0.25) is 0 Å². The summed E-state index contributed by atoms with van der Waals surface area (Å²) in [7, 11) is 0. The van der Waals surface area contributed by atoms with Crippen molar-refractivity contribution in [2.24, 2.45) is 11.5 Å². The van der Waals surface area contributed by atoms with E-state index in [1.807, 2.05) is 0 Å². The molecule has 4 amide bonds. The topological polar surface area (TPSA) is 214 Å². The second-order valence-corrected chi connectivity index (χ2v) is 7.28. The Hall–Kier alpha value is -2.38. The lowest BCUT2D eigenvalue weighted by molar-refractivity contribution is -0.141. The number of hydrogen-bond donors (Lipinski definition) is 7. The first kappa shape index (κ1) is 26.6. The molecule has 0 rings (SSSR count). The maximum atomic E-state index is 12.2. The molecule has 12 nitrogen and oxygen atoms in total. The molecule has 0 aromatic carbocycles. The first-order valence-corrected chi connectivity index (χ1v) is 10.2. The number of aliphatic carboxylic acids is 1. The number of nitrogens with one attached hydrogen (secondary N) is 3. The minimum absolute atomic E-state index is 0.0374. The number of carbonyl (C=O) groups is 5. The van der Waals surface area contributed by atoms with Crippen LogP contribution >= 0.6 is 11.8 Å². The lowest BCUT2D eigenvalue weighted by atomic mass is 10.1. The molecule has 0 saturated carbocycles. The second-order valence-electron chi connectivity index (χ2n) is 6.30. The molecule has 166 valence electrons. The normalized spacial score (nSPS) is 14.8. The molecule has 0 radical (unpaired) electrons. The van der Waals surface area contributed by atoms with Gasteiger partial charge in [-0.05, 0) is 31.8 Å². The number of nitrogens with two attached hydrogens (primary N) is 2. The zero-order valence-corrected chi connectivity index (χ0v) is 17.2. The Morgan fingerprint density at radius 3 is 2.17 bits per heavy atom. The molecule has 0 aliphatic rings. The predicted octanol–water partition coefficient (Wildman–Crippen LogP) is -3.12. The van der Waals surface area contributed by atoms with Crippen molar-refractivity contribution in [1.29, 1.82) is 0 Å². The molecule has 4 atom stereocenters. The third-order valence-electron chi connectivity index (χ3n) is 3.77. The molecule has 0 bridgehead atoms. The number of carboxylic acid groups (broad SMARTS) is 1. The Morgan fingerprint density at radius 2 is 1.69 bits per heavy atom. The third kappa shape index (κ3) is 11.3. The fourth-order valence-electron chi connectivity index (χ4n) is 2.11. The lowest BCUT2D eigenvalue weighted by Gasteiger charge is -2.22. The van der Waals surface area contributed by atoms with Gasteiger partial charge in [0.2, 0.25) is 23.6 Å². The Bertz CT molecular complexity index is 602. The molecule has 13 heteroatoms. The van der Waals surface area contributed by atoms with E-state index in [2.05, 4.69) is 16.0 Å². The van der Waals surface area contributed by atoms with Crippen LogP contribution in [-0.2, 0) is 24.0 Å². The minimum Gasteiger partial charge on any atom is -0.480 e. The van der Waals surface area contributed by atoms with Crippen LogP contribution in [0, 0.1) is 0 Å². The van der Waals surface area contributed by atoms with Crippen molar-refractivity contribution in [3.05, 3.63) is 0 Å². The van der Waals surface area contributed by atoms with Gasteiger partial charge in [-0.2, -0.15) is 11.8 Å². The Labute approximate surface area is 172 Å². The number of amides is 4. The van der Waals surface area contributed by atoms with Gasteiger partial charge in [0.15, 0.2) is 0 Å². The summed E-state index contributed by atoms with van der Waals surface area (Å²) in [6.07, 6.45) is 0.543. The quantitative estimate of drug-likeness (QED) is 0.147. The lowest BCUT2D eigenvalue weighted by Crippen LogP contribution is -2.57. The highest BCUT2D eigenvalue weighted by molar-refractivity contribution is 7.98. The van der Waals surface area contributed by atoms with Gasteiger partial charge in [0, 0.05) is 6.42 Å². The molecule has 0 aliphatic heterocycles. The van der Waals surface area contributed by atoms with E-state index < -0.39 is 60.4 Å². The predicted molar refractivity (Wildman–Crippen MR) is 106 cm³/mol. The van der Waals surface area contributed by atoms with Gasteiger partial charge in [0.1, 0.15) is 12.1 Å². The zero-order valence-electron chi connectivity index (χ0n) is 16.3. The molecule has 9 N–H and O–H groups in total. The zero-order chi connectivity index (χ0) is 22.6. The number of aliphatic hydroxyl groups is 1. The molecular weight excluding hydrogens is 406 g/mol. The number of primary amides is 1. The van der Waals surface area contributed by atoms with Crippen LogP contribution in [0.3, 0.4) is 0 Å². The largest absolute Gasteiger partial charge is 0.480 e. The van der Waals surface area contributed by atoms with Gasteiger partial charge < -0.3 is 37.6 Å². The van der Waals surface area contributed by atoms with Crippen LogP contribution in [-0.4, -0.2) is 82.6 Å². The molecule has 0 spiro atoms. The molecule has 0 fully saturated rings. The van der Waals surface area contributed by atoms with Crippen molar-refractivity contribution in [3.8, 4) is 0 Å². The van der Waals surface area contributed by atoms with Crippen LogP contribution in [0.4, 0.5) is 0 Å². The summed E-state index contributed by atoms with van der Waals surface area (Å²) in [6.45, 7) is 0.705. The fourth-order valence-corrected chi connectivity index (χ4v) is 2.58. The van der Waals surface area contributed by atoms with Crippen LogP contribution in [0.1, 0.15) is 26.2 Å². The van der Waals surface area contributed by atoms with Gasteiger partial charge in [-0.25, -0.2) is 4.79 Å². The number of aliphatic hydroxyl groups excluding tert-OH is 1. The van der Waals surface area contributed by atoms with Crippen molar-refractivity contribution in [3.63, 3.8) is 0 Å². The van der Waals surface area contributed by atoms with Crippen molar-refractivity contribution < 1.29 is 34.2 Å². The summed E-state index contributed by atoms with van der Waals surface area (Å²) < 4.78 is 0. The number of hydrogen-bond acceptors (Lipinski definition) is 8. The Morgan fingerprint density at radius 1 is 1.07 bits per heavy atom. The average Bonchev–Trinajstić information content (AvgIpc) is 2.64. The van der Waals surface area contributed by atoms with E-state index in [-0.39, 0.29) is 19.3 Å². The average molecular weight is 436 g/mol. The second kappa shape index (κ2) is 13.7. The van der Waals surface area contributed by atoms with E-state index in [0.717, 1.165) is 0 Å². The first-order valence-electron chi connectivity index (χ1n) is 8.80. The molecule has 4 unspecified atom stereocenters. The van der Waals surface area contributed by atoms with Gasteiger partial charge in [-0.15, -0.1) is 0 Å². The Kier molecular flexibility index (Phi) is 12.6. The molecule has 0 heterocycles. The highest BCUT2D eigenvalue weighted by Crippen LogP contribution is 2.01. The molecule has 0 aromatic rings. The van der Waals surface area contributed by atoms with E-state index in [4.69, 9.17) is 16.6 Å². The third-order valence-corrected chi connectivity index (χ3v) is 4.41. The van der Waals surface area contributed by atoms with Crippen molar-refractivity contribution >= 4 is 41.4 Å². The van der Waals surface area contributed by atoms with Crippen LogP contribution in [0.5, 0.6) is 0 Å². The van der Waals surface area contributed by atoms with Gasteiger partial charge in [-0.3, -0.25) is 19.2 Å². The van der Waals surface area contributed by atoms with Crippen molar-refractivity contribution in [2.45, 2.75) is 50.4 Å². The molecule has 0 aromatic heterocycles. The standard InChI is InChI=1S/C16H29N5O7S/c1-8(22)13(21-14(25)9(17)3-4-11(18)23)15(26)19-7-12(24)20-10(16(27)28)5-6-29-2/h8-10,13,22H,3-7,17H2,1-2H3,(H2,18,23)(H,19,26)(H,20,24)(H,21,25)(H,27,28). The first-order chi connectivity index (χ1) is 13.5. The smallest absolute Gasteiger partial charge is 0.326 e. The van der Waals surface area contributed by atoms with E-state index >= 15 is 0 Å². The van der Waals surface area contributed by atoms with Gasteiger partial charge in [0.25, 0.3) is 0 Å². The molecular formula is C16H29N5O7S. The summed E-state index contributed by atoms with van der Waals surface area (Å²) in [6, 6.07) is -3.61. The monoisotopic (exact) mass is 435 g/mol. The minimum atomic E-state index is -1.40. The molecule has 29 heavy (non-hydrogen) atoms. The van der Waals surface area contributed by atoms with Crippen molar-refractivity contribution in [2.75, 3.05) is 18.6 Å². The number of carbonyl (C=O) groups excluding carboxylic acids is 4. The number of rotatable bonds is 14. The Balaban J connectivity index is 4.70. The summed E-state index contributed by atoms with van der Waals surface area (Å²) in [5.41, 5.74) is 10.6. The van der Waals surface area contributed by atoms with E-state index in [0.29, 0.717) is 5.75 Å².